The van der Waals surface area contributed by atoms with Crippen LogP contribution in [0.4, 0.5) is 0 Å². The van der Waals surface area contributed by atoms with Crippen LogP contribution in [0.25, 0.3) is 0 Å². The van der Waals surface area contributed by atoms with E-state index < -0.39 is 5.60 Å². The number of aromatic nitrogens is 1. The van der Waals surface area contributed by atoms with E-state index in [9.17, 15) is 4.79 Å². The number of halogens is 1. The molecule has 1 N–H and O–H groups in total. The van der Waals surface area contributed by atoms with E-state index in [1.54, 1.807) is 0 Å². The first-order valence-corrected chi connectivity index (χ1v) is 7.49. The lowest BCUT2D eigenvalue weighted by atomic mass is 9.87. The molecule has 1 aromatic heterocycles. The van der Waals surface area contributed by atoms with Crippen LogP contribution in [0.5, 0.6) is 0 Å². The van der Waals surface area contributed by atoms with Crippen molar-refractivity contribution in [3.8, 4) is 0 Å². The Bertz CT molecular complexity index is 442. The molecule has 1 fully saturated rings. The molecule has 0 aliphatic carbocycles. The Morgan fingerprint density at radius 1 is 1.45 bits per heavy atom. The SMILES string of the molecule is COC(=O)COC1(c2ccc(Br)nc2)CCCNCC1. The average Bonchev–Trinajstić information content (AvgIpc) is 2.72. The van der Waals surface area contributed by atoms with Gasteiger partial charge in [0.25, 0.3) is 0 Å². The number of rotatable bonds is 4. The number of hydrogen-bond acceptors (Lipinski definition) is 5. The van der Waals surface area contributed by atoms with Gasteiger partial charge in [0, 0.05) is 11.8 Å². The highest BCUT2D eigenvalue weighted by Crippen LogP contribution is 2.35. The zero-order valence-electron chi connectivity index (χ0n) is 11.5. The molecule has 1 aliphatic rings. The quantitative estimate of drug-likeness (QED) is 0.669. The topological polar surface area (TPSA) is 60.5 Å². The van der Waals surface area contributed by atoms with Crippen LogP contribution in [0.1, 0.15) is 24.8 Å². The number of ether oxygens (including phenoxy) is 2. The van der Waals surface area contributed by atoms with Gasteiger partial charge in [-0.15, -0.1) is 0 Å². The van der Waals surface area contributed by atoms with E-state index in [0.29, 0.717) is 0 Å². The fourth-order valence-electron chi connectivity index (χ4n) is 2.46. The molecule has 1 saturated heterocycles. The predicted octanol–water partition coefficient (Wildman–Crippen LogP) is 2.00. The minimum absolute atomic E-state index is 0.0352. The number of nitrogens with one attached hydrogen (secondary N) is 1. The molecule has 1 aliphatic heterocycles. The van der Waals surface area contributed by atoms with Crippen molar-refractivity contribution in [2.45, 2.75) is 24.9 Å². The summed E-state index contributed by atoms with van der Waals surface area (Å²) in [6.07, 6.45) is 4.48. The molecule has 6 heteroatoms. The standard InChI is InChI=1S/C14H19BrN2O3/c1-19-13(18)10-20-14(5-2-7-16-8-6-14)11-3-4-12(15)17-9-11/h3-4,9,16H,2,5-8,10H2,1H3. The molecule has 0 amide bonds. The summed E-state index contributed by atoms with van der Waals surface area (Å²) in [7, 11) is 1.37. The van der Waals surface area contributed by atoms with Crippen LogP contribution < -0.4 is 5.32 Å². The number of methoxy groups -OCH3 is 1. The van der Waals surface area contributed by atoms with Gasteiger partial charge >= 0.3 is 5.97 Å². The summed E-state index contributed by atoms with van der Waals surface area (Å²) in [5.74, 6) is -0.355. The molecule has 1 aromatic rings. The number of hydrogen-bond donors (Lipinski definition) is 1. The van der Waals surface area contributed by atoms with E-state index in [4.69, 9.17) is 4.74 Å². The van der Waals surface area contributed by atoms with Crippen molar-refractivity contribution in [2.75, 3.05) is 26.8 Å². The van der Waals surface area contributed by atoms with Crippen molar-refractivity contribution < 1.29 is 14.3 Å². The van der Waals surface area contributed by atoms with Gasteiger partial charge in [-0.2, -0.15) is 0 Å². The molecule has 0 bridgehead atoms. The highest BCUT2D eigenvalue weighted by atomic mass is 79.9. The third kappa shape index (κ3) is 3.77. The lowest BCUT2D eigenvalue weighted by Crippen LogP contribution is -2.33. The number of esters is 1. The average molecular weight is 343 g/mol. The van der Waals surface area contributed by atoms with Gasteiger partial charge in [0.1, 0.15) is 11.2 Å². The summed E-state index contributed by atoms with van der Waals surface area (Å²) in [5.41, 5.74) is 0.541. The van der Waals surface area contributed by atoms with E-state index in [1.165, 1.54) is 7.11 Å². The zero-order valence-corrected chi connectivity index (χ0v) is 13.1. The summed E-state index contributed by atoms with van der Waals surface area (Å²) in [5, 5.41) is 3.36. The highest BCUT2D eigenvalue weighted by molar-refractivity contribution is 9.10. The number of nitrogens with zero attached hydrogens (tertiary/aromatic N) is 1. The van der Waals surface area contributed by atoms with Gasteiger partial charge in [-0.3, -0.25) is 0 Å². The zero-order chi connectivity index (χ0) is 14.4. The Morgan fingerprint density at radius 3 is 3.00 bits per heavy atom. The van der Waals surface area contributed by atoms with E-state index in [-0.39, 0.29) is 12.6 Å². The number of carbonyl (C=O) groups is 1. The van der Waals surface area contributed by atoms with Crippen molar-refractivity contribution in [1.82, 2.24) is 10.3 Å². The summed E-state index contributed by atoms with van der Waals surface area (Å²) < 4.78 is 11.4. The molecule has 20 heavy (non-hydrogen) atoms. The van der Waals surface area contributed by atoms with Crippen LogP contribution in [0.2, 0.25) is 0 Å². The Labute approximate surface area is 127 Å². The van der Waals surface area contributed by atoms with E-state index in [1.807, 2.05) is 18.3 Å². The van der Waals surface area contributed by atoms with E-state index >= 15 is 0 Å². The molecular formula is C14H19BrN2O3. The van der Waals surface area contributed by atoms with Gasteiger partial charge in [0.2, 0.25) is 0 Å². The van der Waals surface area contributed by atoms with Gasteiger partial charge < -0.3 is 14.8 Å². The van der Waals surface area contributed by atoms with Gasteiger partial charge in [0.15, 0.2) is 0 Å². The van der Waals surface area contributed by atoms with Crippen LogP contribution >= 0.6 is 15.9 Å². The first kappa shape index (κ1) is 15.4. The van der Waals surface area contributed by atoms with Crippen LogP contribution in [0.3, 0.4) is 0 Å². The van der Waals surface area contributed by atoms with Crippen LogP contribution in [-0.2, 0) is 19.9 Å². The second-order valence-electron chi connectivity index (χ2n) is 4.83. The summed E-state index contributed by atoms with van der Waals surface area (Å²) in [4.78, 5) is 15.7. The molecule has 0 aromatic carbocycles. The van der Waals surface area contributed by atoms with Crippen molar-refractivity contribution in [3.63, 3.8) is 0 Å². The summed E-state index contributed by atoms with van der Waals surface area (Å²) in [6, 6.07) is 3.90. The Balaban J connectivity index is 2.22. The Morgan fingerprint density at radius 2 is 2.30 bits per heavy atom. The fourth-order valence-corrected chi connectivity index (χ4v) is 2.69. The third-order valence-corrected chi connectivity index (χ3v) is 4.06. The maximum absolute atomic E-state index is 11.4. The van der Waals surface area contributed by atoms with Gasteiger partial charge in [0.05, 0.1) is 12.7 Å². The van der Waals surface area contributed by atoms with Crippen molar-refractivity contribution in [2.24, 2.45) is 0 Å². The summed E-state index contributed by atoms with van der Waals surface area (Å²) in [6.45, 7) is 1.79. The predicted molar refractivity (Wildman–Crippen MR) is 78.3 cm³/mol. The third-order valence-electron chi connectivity index (χ3n) is 3.59. The smallest absolute Gasteiger partial charge is 0.331 e. The second-order valence-corrected chi connectivity index (χ2v) is 5.64. The van der Waals surface area contributed by atoms with Crippen molar-refractivity contribution in [3.05, 3.63) is 28.5 Å². The van der Waals surface area contributed by atoms with E-state index in [2.05, 4.69) is 31.0 Å². The molecule has 2 heterocycles. The lowest BCUT2D eigenvalue weighted by Gasteiger charge is -2.32. The van der Waals surface area contributed by atoms with Crippen LogP contribution in [0, 0.1) is 0 Å². The maximum Gasteiger partial charge on any atom is 0.331 e. The van der Waals surface area contributed by atoms with E-state index in [0.717, 1.165) is 42.5 Å². The first-order chi connectivity index (χ1) is 9.66. The molecule has 0 saturated carbocycles. The molecule has 0 radical (unpaired) electrons. The molecule has 0 spiro atoms. The van der Waals surface area contributed by atoms with Crippen LogP contribution in [-0.4, -0.2) is 37.8 Å². The second kappa shape index (κ2) is 7.15. The van der Waals surface area contributed by atoms with Crippen molar-refractivity contribution in [1.29, 1.82) is 0 Å². The first-order valence-electron chi connectivity index (χ1n) is 6.70. The summed E-state index contributed by atoms with van der Waals surface area (Å²) >= 11 is 3.34. The lowest BCUT2D eigenvalue weighted by molar-refractivity contribution is -0.155. The van der Waals surface area contributed by atoms with Crippen LogP contribution in [0.15, 0.2) is 22.9 Å². The molecule has 1 unspecified atom stereocenters. The molecule has 1 atom stereocenters. The number of pyridine rings is 1. The van der Waals surface area contributed by atoms with Gasteiger partial charge in [-0.1, -0.05) is 6.07 Å². The molecule has 110 valence electrons. The van der Waals surface area contributed by atoms with Gasteiger partial charge in [-0.25, -0.2) is 9.78 Å². The monoisotopic (exact) mass is 342 g/mol. The normalized spacial score (nSPS) is 23.1. The minimum Gasteiger partial charge on any atom is -0.467 e. The van der Waals surface area contributed by atoms with Gasteiger partial charge in [-0.05, 0) is 54.3 Å². The maximum atomic E-state index is 11.4. The highest BCUT2D eigenvalue weighted by Gasteiger charge is 2.35. The Kier molecular flexibility index (Phi) is 5.51. The minimum atomic E-state index is -0.467. The molecule has 2 rings (SSSR count). The molecule has 5 nitrogen and oxygen atoms in total. The fraction of sp³-hybridized carbons (Fsp3) is 0.571. The molecular weight excluding hydrogens is 324 g/mol. The van der Waals surface area contributed by atoms with Crippen molar-refractivity contribution >= 4 is 21.9 Å². The Hall–Kier alpha value is -0.980. The largest absolute Gasteiger partial charge is 0.467 e. The number of carbonyl (C=O) groups excluding carboxylic acids is 1.